The van der Waals surface area contributed by atoms with Crippen LogP contribution >= 0.6 is 0 Å². The third-order valence-corrected chi connectivity index (χ3v) is 4.35. The van der Waals surface area contributed by atoms with Crippen LogP contribution in [0.2, 0.25) is 0 Å². The van der Waals surface area contributed by atoms with Crippen molar-refractivity contribution in [2.75, 3.05) is 31.2 Å². The van der Waals surface area contributed by atoms with Gasteiger partial charge in [-0.3, -0.25) is 0 Å². The Morgan fingerprint density at radius 1 is 1.15 bits per heavy atom. The van der Waals surface area contributed by atoms with Gasteiger partial charge in [0.05, 0.1) is 0 Å². The lowest BCUT2D eigenvalue weighted by atomic mass is 10.0. The van der Waals surface area contributed by atoms with Gasteiger partial charge in [0.15, 0.2) is 0 Å². The molecule has 2 saturated heterocycles. The van der Waals surface area contributed by atoms with Gasteiger partial charge in [-0.15, -0.1) is 0 Å². The van der Waals surface area contributed by atoms with E-state index < -0.39 is 0 Å². The van der Waals surface area contributed by atoms with Crippen LogP contribution in [-0.2, 0) is 4.74 Å². The van der Waals surface area contributed by atoms with E-state index in [-0.39, 0.29) is 0 Å². The van der Waals surface area contributed by atoms with Crippen molar-refractivity contribution in [1.29, 1.82) is 0 Å². The summed E-state index contributed by atoms with van der Waals surface area (Å²) in [6.45, 7) is 6.08. The topological polar surface area (TPSA) is 50.3 Å². The molecule has 1 aromatic rings. The molecule has 1 aromatic heterocycles. The highest BCUT2D eigenvalue weighted by Crippen LogP contribution is 2.21. The maximum atomic E-state index is 5.41. The summed E-state index contributed by atoms with van der Waals surface area (Å²) in [5, 5.41) is 3.80. The minimum atomic E-state index is 0.650. The fourth-order valence-corrected chi connectivity index (χ4v) is 3.18. The number of piperidine rings is 1. The first-order valence-electron chi connectivity index (χ1n) is 7.68. The summed E-state index contributed by atoms with van der Waals surface area (Å²) < 4.78 is 5.41. The molecule has 0 aliphatic carbocycles. The fraction of sp³-hybridized carbons (Fsp3) is 0.733. The molecule has 110 valence electrons. The average Bonchev–Trinajstić information content (AvgIpc) is 2.50. The summed E-state index contributed by atoms with van der Waals surface area (Å²) >= 11 is 0. The van der Waals surface area contributed by atoms with E-state index in [0.29, 0.717) is 12.1 Å². The van der Waals surface area contributed by atoms with Gasteiger partial charge in [-0.25, -0.2) is 9.97 Å². The first-order valence-corrected chi connectivity index (χ1v) is 7.68. The summed E-state index contributed by atoms with van der Waals surface area (Å²) in [6.07, 6.45) is 8.25. The van der Waals surface area contributed by atoms with Crippen LogP contribution in [0.3, 0.4) is 0 Å². The Hall–Kier alpha value is -1.20. The highest BCUT2D eigenvalue weighted by Gasteiger charge is 2.24. The number of ether oxygens (including phenoxy) is 1. The lowest BCUT2D eigenvalue weighted by Crippen LogP contribution is -2.48. The monoisotopic (exact) mass is 276 g/mol. The number of aromatic nitrogens is 2. The average molecular weight is 276 g/mol. The van der Waals surface area contributed by atoms with Crippen LogP contribution in [0.15, 0.2) is 12.5 Å². The second-order valence-electron chi connectivity index (χ2n) is 5.84. The molecule has 0 aromatic carbocycles. The van der Waals surface area contributed by atoms with Gasteiger partial charge in [0.25, 0.3) is 0 Å². The predicted octanol–water partition coefficient (Wildman–Crippen LogP) is 1.52. The Balaban J connectivity index is 1.50. The van der Waals surface area contributed by atoms with Crippen LogP contribution in [0.25, 0.3) is 0 Å². The normalized spacial score (nSPS) is 22.1. The molecule has 2 fully saturated rings. The second kappa shape index (κ2) is 6.50. The van der Waals surface area contributed by atoms with E-state index in [1.54, 1.807) is 6.33 Å². The zero-order valence-corrected chi connectivity index (χ0v) is 12.2. The minimum Gasteiger partial charge on any atom is -0.381 e. The number of aryl methyl sites for hydroxylation is 1. The molecule has 3 rings (SSSR count). The van der Waals surface area contributed by atoms with Crippen molar-refractivity contribution in [3.63, 3.8) is 0 Å². The van der Waals surface area contributed by atoms with E-state index in [9.17, 15) is 0 Å². The molecule has 0 spiro atoms. The van der Waals surface area contributed by atoms with Gasteiger partial charge in [-0.2, -0.15) is 0 Å². The van der Waals surface area contributed by atoms with Gasteiger partial charge in [0.1, 0.15) is 12.1 Å². The zero-order chi connectivity index (χ0) is 13.8. The SMILES string of the molecule is Cc1cncnc1N1CCC(NC2CCOCC2)CC1. The van der Waals surface area contributed by atoms with Crippen molar-refractivity contribution in [1.82, 2.24) is 15.3 Å². The molecule has 0 atom stereocenters. The Bertz CT molecular complexity index is 426. The second-order valence-corrected chi connectivity index (χ2v) is 5.84. The Morgan fingerprint density at radius 3 is 2.55 bits per heavy atom. The van der Waals surface area contributed by atoms with E-state index in [4.69, 9.17) is 4.74 Å². The van der Waals surface area contributed by atoms with Crippen molar-refractivity contribution in [2.24, 2.45) is 0 Å². The third-order valence-electron chi connectivity index (χ3n) is 4.35. The number of hydrogen-bond donors (Lipinski definition) is 1. The Morgan fingerprint density at radius 2 is 1.85 bits per heavy atom. The third kappa shape index (κ3) is 3.27. The van der Waals surface area contributed by atoms with Crippen molar-refractivity contribution < 1.29 is 4.74 Å². The summed E-state index contributed by atoms with van der Waals surface area (Å²) in [7, 11) is 0. The maximum absolute atomic E-state index is 5.41. The van der Waals surface area contributed by atoms with Gasteiger partial charge in [0, 0.05) is 50.1 Å². The van der Waals surface area contributed by atoms with Crippen LogP contribution < -0.4 is 10.2 Å². The van der Waals surface area contributed by atoms with Gasteiger partial charge in [-0.05, 0) is 32.6 Å². The maximum Gasteiger partial charge on any atom is 0.134 e. The van der Waals surface area contributed by atoms with Gasteiger partial charge >= 0.3 is 0 Å². The Kier molecular flexibility index (Phi) is 4.47. The van der Waals surface area contributed by atoms with Crippen molar-refractivity contribution >= 4 is 5.82 Å². The molecule has 0 amide bonds. The molecule has 0 bridgehead atoms. The molecular formula is C15H24N4O. The number of rotatable bonds is 3. The largest absolute Gasteiger partial charge is 0.381 e. The first-order chi connectivity index (χ1) is 9.83. The molecule has 0 saturated carbocycles. The van der Waals surface area contributed by atoms with E-state index in [0.717, 1.165) is 45.0 Å². The molecule has 0 radical (unpaired) electrons. The van der Waals surface area contributed by atoms with E-state index in [1.165, 1.54) is 18.4 Å². The molecule has 5 nitrogen and oxygen atoms in total. The smallest absolute Gasteiger partial charge is 0.134 e. The van der Waals surface area contributed by atoms with Crippen LogP contribution in [0.5, 0.6) is 0 Å². The zero-order valence-electron chi connectivity index (χ0n) is 12.2. The van der Waals surface area contributed by atoms with Gasteiger partial charge in [0.2, 0.25) is 0 Å². The molecule has 0 unspecified atom stereocenters. The lowest BCUT2D eigenvalue weighted by Gasteiger charge is -2.36. The highest BCUT2D eigenvalue weighted by atomic mass is 16.5. The standard InChI is InChI=1S/C15H24N4O/c1-12-10-16-11-17-15(12)19-6-2-13(3-7-19)18-14-4-8-20-9-5-14/h10-11,13-14,18H,2-9H2,1H3. The van der Waals surface area contributed by atoms with Crippen LogP contribution in [-0.4, -0.2) is 48.4 Å². The molecule has 5 heteroatoms. The number of hydrogen-bond acceptors (Lipinski definition) is 5. The van der Waals surface area contributed by atoms with E-state index in [1.807, 2.05) is 6.20 Å². The molecule has 2 aliphatic rings. The summed E-state index contributed by atoms with van der Waals surface area (Å²) in [6, 6.07) is 1.30. The number of nitrogens with zero attached hydrogens (tertiary/aromatic N) is 3. The van der Waals surface area contributed by atoms with E-state index in [2.05, 4.69) is 27.1 Å². The molecule has 3 heterocycles. The highest BCUT2D eigenvalue weighted by molar-refractivity contribution is 5.44. The summed E-state index contributed by atoms with van der Waals surface area (Å²) in [5.41, 5.74) is 1.17. The molecule has 2 aliphatic heterocycles. The van der Waals surface area contributed by atoms with Crippen molar-refractivity contribution in [3.05, 3.63) is 18.1 Å². The fourth-order valence-electron chi connectivity index (χ4n) is 3.18. The first kappa shape index (κ1) is 13.8. The van der Waals surface area contributed by atoms with Crippen LogP contribution in [0, 0.1) is 6.92 Å². The van der Waals surface area contributed by atoms with Crippen molar-refractivity contribution in [3.8, 4) is 0 Å². The lowest BCUT2D eigenvalue weighted by molar-refractivity contribution is 0.0738. The summed E-state index contributed by atoms with van der Waals surface area (Å²) in [4.78, 5) is 10.9. The molecular weight excluding hydrogens is 252 g/mol. The van der Waals surface area contributed by atoms with Crippen LogP contribution in [0.1, 0.15) is 31.2 Å². The van der Waals surface area contributed by atoms with Crippen LogP contribution in [0.4, 0.5) is 5.82 Å². The Labute approximate surface area is 120 Å². The van der Waals surface area contributed by atoms with Crippen molar-refractivity contribution in [2.45, 2.75) is 44.7 Å². The minimum absolute atomic E-state index is 0.650. The number of anilines is 1. The molecule has 1 N–H and O–H groups in total. The number of nitrogens with one attached hydrogen (secondary N) is 1. The van der Waals surface area contributed by atoms with Gasteiger partial charge < -0.3 is 15.0 Å². The van der Waals surface area contributed by atoms with E-state index >= 15 is 0 Å². The predicted molar refractivity (Wildman–Crippen MR) is 79.0 cm³/mol. The summed E-state index contributed by atoms with van der Waals surface area (Å²) in [5.74, 6) is 1.10. The molecule has 20 heavy (non-hydrogen) atoms. The quantitative estimate of drug-likeness (QED) is 0.907. The van der Waals surface area contributed by atoms with Gasteiger partial charge in [-0.1, -0.05) is 0 Å².